The summed E-state index contributed by atoms with van der Waals surface area (Å²) in [6, 6.07) is 0. The van der Waals surface area contributed by atoms with E-state index in [1.807, 2.05) is 0 Å². The largest absolute Gasteiger partial charge is 0.378 e. The zero-order valence-corrected chi connectivity index (χ0v) is 5.72. The standard InChI is InChI=1S/C8H12O/c1-3-8(9)5-4-7(2)6-8/h1,7,9H,4-6H2,2H3. The van der Waals surface area contributed by atoms with Crippen molar-refractivity contribution in [1.29, 1.82) is 0 Å². The summed E-state index contributed by atoms with van der Waals surface area (Å²) in [5.41, 5.74) is -0.764. The molecule has 1 rings (SSSR count). The number of aliphatic hydroxyl groups is 1. The Labute approximate surface area is 56.1 Å². The highest BCUT2D eigenvalue weighted by Gasteiger charge is 2.32. The van der Waals surface area contributed by atoms with Crippen molar-refractivity contribution < 1.29 is 5.11 Å². The molecule has 0 aliphatic heterocycles. The average molecular weight is 124 g/mol. The molecule has 0 amide bonds. The van der Waals surface area contributed by atoms with Crippen LogP contribution in [0.1, 0.15) is 26.2 Å². The van der Waals surface area contributed by atoms with E-state index in [0.29, 0.717) is 5.92 Å². The molecule has 1 aliphatic carbocycles. The molecular weight excluding hydrogens is 112 g/mol. The topological polar surface area (TPSA) is 20.2 Å². The lowest BCUT2D eigenvalue weighted by Crippen LogP contribution is -2.21. The Kier molecular flexibility index (Phi) is 1.50. The maximum Gasteiger partial charge on any atom is 0.125 e. The van der Waals surface area contributed by atoms with Crippen molar-refractivity contribution in [1.82, 2.24) is 0 Å². The molecule has 0 spiro atoms. The molecule has 0 saturated heterocycles. The van der Waals surface area contributed by atoms with Gasteiger partial charge < -0.3 is 5.11 Å². The van der Waals surface area contributed by atoms with Crippen LogP contribution in [0.3, 0.4) is 0 Å². The summed E-state index contributed by atoms with van der Waals surface area (Å²) in [4.78, 5) is 0. The number of hydrogen-bond donors (Lipinski definition) is 1. The maximum atomic E-state index is 9.43. The van der Waals surface area contributed by atoms with E-state index in [4.69, 9.17) is 6.42 Å². The minimum absolute atomic E-state index is 0.603. The highest BCUT2D eigenvalue weighted by atomic mass is 16.3. The van der Waals surface area contributed by atoms with Gasteiger partial charge in [0.15, 0.2) is 0 Å². The number of hydrogen-bond acceptors (Lipinski definition) is 1. The van der Waals surface area contributed by atoms with E-state index in [2.05, 4.69) is 12.8 Å². The second-order valence-corrected chi connectivity index (χ2v) is 3.02. The Morgan fingerprint density at radius 1 is 1.78 bits per heavy atom. The normalized spacial score (nSPS) is 42.6. The zero-order valence-electron chi connectivity index (χ0n) is 5.72. The third-order valence-corrected chi connectivity index (χ3v) is 2.01. The van der Waals surface area contributed by atoms with Gasteiger partial charge >= 0.3 is 0 Å². The first-order chi connectivity index (χ1) is 4.16. The minimum Gasteiger partial charge on any atom is -0.378 e. The van der Waals surface area contributed by atoms with E-state index in [1.165, 1.54) is 0 Å². The highest BCUT2D eigenvalue weighted by Crippen LogP contribution is 2.33. The van der Waals surface area contributed by atoms with Crippen molar-refractivity contribution in [3.8, 4) is 12.3 Å². The first kappa shape index (κ1) is 6.64. The predicted molar refractivity (Wildman–Crippen MR) is 36.8 cm³/mol. The molecule has 1 heteroatoms. The SMILES string of the molecule is C#CC1(O)CCC(C)C1. The van der Waals surface area contributed by atoms with Gasteiger partial charge in [-0.3, -0.25) is 0 Å². The molecule has 2 atom stereocenters. The predicted octanol–water partition coefficient (Wildman–Crippen LogP) is 1.17. The fourth-order valence-corrected chi connectivity index (χ4v) is 1.40. The van der Waals surface area contributed by atoms with Gasteiger partial charge in [0, 0.05) is 0 Å². The van der Waals surface area contributed by atoms with E-state index in [9.17, 15) is 5.11 Å². The van der Waals surface area contributed by atoms with Crippen molar-refractivity contribution in [2.45, 2.75) is 31.8 Å². The molecule has 0 aromatic rings. The third kappa shape index (κ3) is 1.25. The summed E-state index contributed by atoms with van der Waals surface area (Å²) < 4.78 is 0. The van der Waals surface area contributed by atoms with E-state index in [1.54, 1.807) is 0 Å². The van der Waals surface area contributed by atoms with Crippen LogP contribution in [0.15, 0.2) is 0 Å². The monoisotopic (exact) mass is 124 g/mol. The van der Waals surface area contributed by atoms with Crippen LogP contribution in [0.4, 0.5) is 0 Å². The summed E-state index contributed by atoms with van der Waals surface area (Å²) >= 11 is 0. The number of terminal acetylenes is 1. The van der Waals surface area contributed by atoms with Gasteiger partial charge in [-0.1, -0.05) is 12.8 Å². The zero-order chi connectivity index (χ0) is 6.91. The highest BCUT2D eigenvalue weighted by molar-refractivity contribution is 5.10. The van der Waals surface area contributed by atoms with E-state index < -0.39 is 5.60 Å². The lowest BCUT2D eigenvalue weighted by molar-refractivity contribution is 0.106. The van der Waals surface area contributed by atoms with Crippen molar-refractivity contribution in [2.24, 2.45) is 5.92 Å². The van der Waals surface area contributed by atoms with Crippen LogP contribution in [-0.4, -0.2) is 10.7 Å². The molecule has 0 aromatic heterocycles. The van der Waals surface area contributed by atoms with Gasteiger partial charge in [-0.15, -0.1) is 6.42 Å². The molecule has 0 heterocycles. The fourth-order valence-electron chi connectivity index (χ4n) is 1.40. The van der Waals surface area contributed by atoms with Gasteiger partial charge in [-0.25, -0.2) is 0 Å². The van der Waals surface area contributed by atoms with Gasteiger partial charge in [0.05, 0.1) is 0 Å². The van der Waals surface area contributed by atoms with E-state index in [-0.39, 0.29) is 0 Å². The maximum absolute atomic E-state index is 9.43. The summed E-state index contributed by atoms with van der Waals surface area (Å²) in [5, 5.41) is 9.43. The summed E-state index contributed by atoms with van der Waals surface area (Å²) in [7, 11) is 0. The fraction of sp³-hybridized carbons (Fsp3) is 0.750. The van der Waals surface area contributed by atoms with Crippen LogP contribution in [-0.2, 0) is 0 Å². The van der Waals surface area contributed by atoms with Crippen LogP contribution in [0.2, 0.25) is 0 Å². The summed E-state index contributed by atoms with van der Waals surface area (Å²) in [6.07, 6.45) is 7.76. The molecule has 1 N–H and O–H groups in total. The van der Waals surface area contributed by atoms with Crippen LogP contribution >= 0.6 is 0 Å². The molecule has 1 fully saturated rings. The van der Waals surface area contributed by atoms with Crippen molar-refractivity contribution in [3.05, 3.63) is 0 Å². The molecule has 50 valence electrons. The van der Waals surface area contributed by atoms with Crippen molar-refractivity contribution in [2.75, 3.05) is 0 Å². The molecule has 9 heavy (non-hydrogen) atoms. The molecule has 0 aromatic carbocycles. The second-order valence-electron chi connectivity index (χ2n) is 3.02. The molecule has 0 radical (unpaired) electrons. The minimum atomic E-state index is -0.764. The second kappa shape index (κ2) is 2.04. The van der Waals surface area contributed by atoms with E-state index in [0.717, 1.165) is 19.3 Å². The van der Waals surface area contributed by atoms with Crippen LogP contribution < -0.4 is 0 Å². The van der Waals surface area contributed by atoms with Crippen LogP contribution in [0, 0.1) is 18.3 Å². The smallest absolute Gasteiger partial charge is 0.125 e. The van der Waals surface area contributed by atoms with Gasteiger partial charge in [-0.05, 0) is 25.2 Å². The van der Waals surface area contributed by atoms with E-state index >= 15 is 0 Å². The van der Waals surface area contributed by atoms with Gasteiger partial charge in [0.2, 0.25) is 0 Å². The molecule has 2 unspecified atom stereocenters. The molecule has 0 bridgehead atoms. The van der Waals surface area contributed by atoms with Gasteiger partial charge in [0.1, 0.15) is 5.60 Å². The Morgan fingerprint density at radius 2 is 2.44 bits per heavy atom. The molecule has 1 aliphatic rings. The lowest BCUT2D eigenvalue weighted by Gasteiger charge is -2.12. The van der Waals surface area contributed by atoms with Gasteiger partial charge in [-0.2, -0.15) is 0 Å². The van der Waals surface area contributed by atoms with Crippen molar-refractivity contribution >= 4 is 0 Å². The summed E-state index contributed by atoms with van der Waals surface area (Å²) in [5.74, 6) is 3.03. The van der Waals surface area contributed by atoms with Gasteiger partial charge in [0.25, 0.3) is 0 Å². The van der Waals surface area contributed by atoms with Crippen LogP contribution in [0.5, 0.6) is 0 Å². The Hall–Kier alpha value is -0.480. The Bertz CT molecular complexity index is 145. The first-order valence-electron chi connectivity index (χ1n) is 3.36. The molecule has 1 saturated carbocycles. The van der Waals surface area contributed by atoms with Crippen LogP contribution in [0.25, 0.3) is 0 Å². The lowest BCUT2D eigenvalue weighted by atomic mass is 10.0. The Morgan fingerprint density at radius 3 is 2.67 bits per heavy atom. The number of rotatable bonds is 0. The van der Waals surface area contributed by atoms with Crippen molar-refractivity contribution in [3.63, 3.8) is 0 Å². The Balaban J connectivity index is 2.58. The average Bonchev–Trinajstić information content (AvgIpc) is 2.13. The molecule has 1 nitrogen and oxygen atoms in total. The molecular formula is C8H12O. The third-order valence-electron chi connectivity index (χ3n) is 2.01. The first-order valence-corrected chi connectivity index (χ1v) is 3.36. The quantitative estimate of drug-likeness (QED) is 0.481. The summed E-state index contributed by atoms with van der Waals surface area (Å²) in [6.45, 7) is 2.12.